The predicted molar refractivity (Wildman–Crippen MR) is 128 cm³/mol. The van der Waals surface area contributed by atoms with Gasteiger partial charge in [-0.1, -0.05) is 23.7 Å². The fourth-order valence-electron chi connectivity index (χ4n) is 3.26. The third kappa shape index (κ3) is 5.42. The van der Waals surface area contributed by atoms with Crippen LogP contribution in [0.5, 0.6) is 17.5 Å². The highest BCUT2D eigenvalue weighted by Crippen LogP contribution is 2.34. The molecular formula is C24H24ClN5O3. The van der Waals surface area contributed by atoms with Crippen molar-refractivity contribution in [3.8, 4) is 28.6 Å². The number of anilines is 2. The normalized spacial score (nSPS) is 10.8. The summed E-state index contributed by atoms with van der Waals surface area (Å²) in [6.07, 6.45) is 1.79. The van der Waals surface area contributed by atoms with Crippen molar-refractivity contribution in [2.45, 2.75) is 13.5 Å². The molecule has 0 aliphatic rings. The third-order valence-electron chi connectivity index (χ3n) is 4.85. The highest BCUT2D eigenvalue weighted by Gasteiger charge is 2.15. The second-order valence-corrected chi connectivity index (χ2v) is 7.60. The molecule has 0 unspecified atom stereocenters. The second-order valence-electron chi connectivity index (χ2n) is 7.19. The Bertz CT molecular complexity index is 1240. The molecule has 8 nitrogen and oxygen atoms in total. The Morgan fingerprint density at radius 2 is 1.88 bits per heavy atom. The molecule has 0 radical (unpaired) electrons. The number of pyridine rings is 1. The van der Waals surface area contributed by atoms with Crippen LogP contribution in [-0.2, 0) is 11.3 Å². The number of halogens is 1. The minimum atomic E-state index is 0.304. The van der Waals surface area contributed by atoms with E-state index in [1.54, 1.807) is 37.2 Å². The number of rotatable bonds is 9. The van der Waals surface area contributed by atoms with Crippen molar-refractivity contribution in [3.63, 3.8) is 0 Å². The van der Waals surface area contributed by atoms with Gasteiger partial charge in [0.25, 0.3) is 0 Å². The van der Waals surface area contributed by atoms with Gasteiger partial charge in [-0.05, 0) is 48.9 Å². The molecule has 170 valence electrons. The zero-order chi connectivity index (χ0) is 23.2. The molecule has 0 spiro atoms. The lowest BCUT2D eigenvalue weighted by molar-refractivity contribution is 0.179. The van der Waals surface area contributed by atoms with Crippen LogP contribution in [0.1, 0.15) is 5.69 Å². The van der Waals surface area contributed by atoms with Crippen LogP contribution in [0.2, 0.25) is 5.02 Å². The van der Waals surface area contributed by atoms with Gasteiger partial charge in [0.2, 0.25) is 5.95 Å². The Morgan fingerprint density at radius 1 is 1.03 bits per heavy atom. The van der Waals surface area contributed by atoms with Crippen molar-refractivity contribution < 1.29 is 14.2 Å². The highest BCUT2D eigenvalue weighted by atomic mass is 35.5. The summed E-state index contributed by atoms with van der Waals surface area (Å²) in [7, 11) is 3.27. The molecule has 0 saturated carbocycles. The van der Waals surface area contributed by atoms with Gasteiger partial charge in [0.1, 0.15) is 11.5 Å². The van der Waals surface area contributed by atoms with Crippen molar-refractivity contribution in [1.82, 2.24) is 19.7 Å². The standard InChI is InChI=1S/C24H24ClN5O3/c1-16-14-17(10-11-26-16)19-9-8-18(15-22(19)32-3)27-23-28-24(30(29-23)12-13-31-2)33-21-7-5-4-6-20(21)25/h4-11,14-15H,12-13H2,1-3H3,(H,27,29). The molecule has 0 saturated heterocycles. The SMILES string of the molecule is COCCn1nc(Nc2ccc(-c3ccnc(C)c3)c(OC)c2)nc1Oc1ccccc1Cl. The first-order chi connectivity index (χ1) is 16.1. The van der Waals surface area contributed by atoms with Gasteiger partial charge < -0.3 is 19.5 Å². The first kappa shape index (κ1) is 22.6. The Labute approximate surface area is 197 Å². The Balaban J connectivity index is 1.60. The van der Waals surface area contributed by atoms with E-state index in [1.165, 1.54) is 0 Å². The number of aromatic nitrogens is 4. The van der Waals surface area contributed by atoms with E-state index in [1.807, 2.05) is 49.4 Å². The van der Waals surface area contributed by atoms with Crippen LogP contribution in [0.15, 0.2) is 60.8 Å². The van der Waals surface area contributed by atoms with Crippen LogP contribution < -0.4 is 14.8 Å². The molecule has 9 heteroatoms. The lowest BCUT2D eigenvalue weighted by Crippen LogP contribution is -2.08. The zero-order valence-electron chi connectivity index (χ0n) is 18.6. The van der Waals surface area contributed by atoms with Crippen molar-refractivity contribution in [1.29, 1.82) is 0 Å². The molecule has 0 amide bonds. The summed E-state index contributed by atoms with van der Waals surface area (Å²) in [4.78, 5) is 8.76. The molecule has 4 aromatic rings. The molecule has 0 aliphatic carbocycles. The van der Waals surface area contributed by atoms with Crippen LogP contribution >= 0.6 is 11.6 Å². The smallest absolute Gasteiger partial charge is 0.322 e. The number of hydrogen-bond donors (Lipinski definition) is 1. The first-order valence-corrected chi connectivity index (χ1v) is 10.7. The Morgan fingerprint density at radius 3 is 2.64 bits per heavy atom. The van der Waals surface area contributed by atoms with Crippen LogP contribution in [-0.4, -0.2) is 40.6 Å². The molecule has 0 fully saturated rings. The van der Waals surface area contributed by atoms with E-state index in [-0.39, 0.29) is 0 Å². The third-order valence-corrected chi connectivity index (χ3v) is 5.16. The van der Waals surface area contributed by atoms with Gasteiger partial charge in [0.15, 0.2) is 0 Å². The molecular weight excluding hydrogens is 442 g/mol. The first-order valence-electron chi connectivity index (χ1n) is 10.3. The highest BCUT2D eigenvalue weighted by molar-refractivity contribution is 6.32. The Kier molecular flexibility index (Phi) is 7.07. The number of para-hydroxylation sites is 1. The molecule has 2 aromatic carbocycles. The largest absolute Gasteiger partial charge is 0.496 e. The Hall–Kier alpha value is -3.62. The maximum atomic E-state index is 6.24. The summed E-state index contributed by atoms with van der Waals surface area (Å²) < 4.78 is 18.4. The fraction of sp³-hybridized carbons (Fsp3) is 0.208. The van der Waals surface area contributed by atoms with E-state index in [0.717, 1.165) is 28.3 Å². The van der Waals surface area contributed by atoms with E-state index in [9.17, 15) is 0 Å². The number of methoxy groups -OCH3 is 2. The van der Waals surface area contributed by atoms with Gasteiger partial charge >= 0.3 is 6.01 Å². The van der Waals surface area contributed by atoms with Gasteiger partial charge in [-0.25, -0.2) is 4.68 Å². The topological polar surface area (TPSA) is 83.3 Å². The lowest BCUT2D eigenvalue weighted by atomic mass is 10.0. The average Bonchev–Trinajstić information content (AvgIpc) is 3.19. The minimum absolute atomic E-state index is 0.304. The number of ether oxygens (including phenoxy) is 3. The molecule has 0 bridgehead atoms. The summed E-state index contributed by atoms with van der Waals surface area (Å²) in [5.74, 6) is 1.59. The number of nitrogens with one attached hydrogen (secondary N) is 1. The van der Waals surface area contributed by atoms with Crippen molar-refractivity contribution in [2.24, 2.45) is 0 Å². The van der Waals surface area contributed by atoms with Crippen LogP contribution in [0, 0.1) is 6.92 Å². The van der Waals surface area contributed by atoms with E-state index in [0.29, 0.717) is 35.9 Å². The van der Waals surface area contributed by atoms with Crippen LogP contribution in [0.3, 0.4) is 0 Å². The summed E-state index contributed by atoms with van der Waals surface area (Å²) in [6, 6.07) is 17.3. The van der Waals surface area contributed by atoms with Gasteiger partial charge in [0.05, 0.1) is 25.3 Å². The number of nitrogens with zero attached hydrogens (tertiary/aromatic N) is 4. The van der Waals surface area contributed by atoms with Gasteiger partial charge in [-0.15, -0.1) is 5.10 Å². The van der Waals surface area contributed by atoms with Crippen molar-refractivity contribution >= 4 is 23.2 Å². The molecule has 2 heterocycles. The summed E-state index contributed by atoms with van der Waals surface area (Å²) in [6.45, 7) is 2.88. The summed E-state index contributed by atoms with van der Waals surface area (Å²) in [5.41, 5.74) is 3.71. The molecule has 4 rings (SSSR count). The van der Waals surface area contributed by atoms with Crippen LogP contribution in [0.25, 0.3) is 11.1 Å². The zero-order valence-corrected chi connectivity index (χ0v) is 19.3. The quantitative estimate of drug-likeness (QED) is 0.349. The maximum absolute atomic E-state index is 6.24. The minimum Gasteiger partial charge on any atom is -0.496 e. The fourth-order valence-corrected chi connectivity index (χ4v) is 3.43. The van der Waals surface area contributed by atoms with E-state index >= 15 is 0 Å². The van der Waals surface area contributed by atoms with Crippen molar-refractivity contribution in [3.05, 3.63) is 71.5 Å². The monoisotopic (exact) mass is 465 g/mol. The number of hydrogen-bond acceptors (Lipinski definition) is 7. The van der Waals surface area contributed by atoms with Crippen LogP contribution in [0.4, 0.5) is 11.6 Å². The summed E-state index contributed by atoms with van der Waals surface area (Å²) in [5, 5.41) is 8.22. The van der Waals surface area contributed by atoms with E-state index < -0.39 is 0 Å². The maximum Gasteiger partial charge on any atom is 0.322 e. The van der Waals surface area contributed by atoms with E-state index in [4.69, 9.17) is 25.8 Å². The van der Waals surface area contributed by atoms with Crippen molar-refractivity contribution in [2.75, 3.05) is 26.1 Å². The molecule has 2 aromatic heterocycles. The average molecular weight is 466 g/mol. The molecule has 33 heavy (non-hydrogen) atoms. The lowest BCUT2D eigenvalue weighted by Gasteiger charge is -2.11. The van der Waals surface area contributed by atoms with E-state index in [2.05, 4.69) is 20.4 Å². The summed E-state index contributed by atoms with van der Waals surface area (Å²) >= 11 is 6.24. The second kappa shape index (κ2) is 10.3. The number of benzene rings is 2. The van der Waals surface area contributed by atoms with Gasteiger partial charge in [-0.3, -0.25) is 4.98 Å². The molecule has 0 aliphatic heterocycles. The predicted octanol–water partition coefficient (Wildman–Crippen LogP) is 5.49. The molecule has 1 N–H and O–H groups in total. The van der Waals surface area contributed by atoms with Gasteiger partial charge in [0, 0.05) is 36.3 Å². The number of aryl methyl sites for hydroxylation is 1. The van der Waals surface area contributed by atoms with Gasteiger partial charge in [-0.2, -0.15) is 4.98 Å². The molecule has 0 atom stereocenters.